The second-order valence-corrected chi connectivity index (χ2v) is 7.29. The summed E-state index contributed by atoms with van der Waals surface area (Å²) in [6.07, 6.45) is 5.52. The molecule has 1 aliphatic rings. The molecule has 0 aliphatic carbocycles. The summed E-state index contributed by atoms with van der Waals surface area (Å²) in [5.41, 5.74) is 11.0. The number of nitrogens with zero attached hydrogens (tertiary/aromatic N) is 2. The first-order valence-electron chi connectivity index (χ1n) is 8.33. The molecule has 0 fully saturated rings. The van der Waals surface area contributed by atoms with Gasteiger partial charge >= 0.3 is 0 Å². The molecule has 0 spiro atoms. The fourth-order valence-electron chi connectivity index (χ4n) is 2.97. The summed E-state index contributed by atoms with van der Waals surface area (Å²) in [6, 6.07) is 6.41. The van der Waals surface area contributed by atoms with Gasteiger partial charge in [-0.3, -0.25) is 4.99 Å². The van der Waals surface area contributed by atoms with Gasteiger partial charge in [0, 0.05) is 40.7 Å². The number of aliphatic imine (C=N–C) groups is 1. The Kier molecular flexibility index (Phi) is 5.46. The number of H-pyrrole nitrogens is 1. The third-order valence-corrected chi connectivity index (χ3v) is 5.11. The summed E-state index contributed by atoms with van der Waals surface area (Å²) in [5.74, 6) is 0.470. The smallest absolute Gasteiger partial charge is 0.132 e. The molecule has 4 nitrogen and oxygen atoms in total. The van der Waals surface area contributed by atoms with Crippen LogP contribution in [0.4, 0.5) is 0 Å². The number of aromatic nitrogens is 1. The molecule has 1 aromatic carbocycles. The van der Waals surface area contributed by atoms with Gasteiger partial charge in [0.1, 0.15) is 5.84 Å². The van der Waals surface area contributed by atoms with Crippen LogP contribution in [-0.4, -0.2) is 35.9 Å². The molecule has 0 radical (unpaired) electrons. The van der Waals surface area contributed by atoms with Crippen molar-refractivity contribution < 1.29 is 0 Å². The SMILES string of the molecule is C=CSC(=C)C(N)=NCc1ccc2[nH]cc(C3=CCN(C)CC3)c2c1. The Morgan fingerprint density at radius 1 is 1.48 bits per heavy atom. The summed E-state index contributed by atoms with van der Waals surface area (Å²) in [5, 5.41) is 2.96. The molecule has 2 aromatic rings. The van der Waals surface area contributed by atoms with Crippen molar-refractivity contribution >= 4 is 34.1 Å². The Labute approximate surface area is 153 Å². The molecular formula is C20H24N4S. The fourth-order valence-corrected chi connectivity index (χ4v) is 3.36. The van der Waals surface area contributed by atoms with Gasteiger partial charge < -0.3 is 15.6 Å². The third-order valence-electron chi connectivity index (χ3n) is 4.45. The van der Waals surface area contributed by atoms with Gasteiger partial charge in [-0.2, -0.15) is 0 Å². The van der Waals surface area contributed by atoms with E-state index in [1.165, 1.54) is 28.3 Å². The Balaban J connectivity index is 1.84. The van der Waals surface area contributed by atoms with Crippen molar-refractivity contribution in [2.24, 2.45) is 10.7 Å². The highest BCUT2D eigenvalue weighted by atomic mass is 32.2. The molecule has 0 amide bonds. The van der Waals surface area contributed by atoms with E-state index in [0.717, 1.165) is 35.5 Å². The van der Waals surface area contributed by atoms with Gasteiger partial charge in [-0.15, -0.1) is 0 Å². The van der Waals surface area contributed by atoms with E-state index in [9.17, 15) is 0 Å². The molecule has 0 saturated carbocycles. The average Bonchev–Trinajstić information content (AvgIpc) is 3.03. The summed E-state index contributed by atoms with van der Waals surface area (Å²) >= 11 is 1.40. The zero-order valence-electron chi connectivity index (χ0n) is 14.6. The molecule has 2 heterocycles. The second kappa shape index (κ2) is 7.76. The van der Waals surface area contributed by atoms with Crippen LogP contribution >= 0.6 is 11.8 Å². The maximum absolute atomic E-state index is 5.97. The Morgan fingerprint density at radius 2 is 2.32 bits per heavy atom. The largest absolute Gasteiger partial charge is 0.383 e. The lowest BCUT2D eigenvalue weighted by atomic mass is 9.98. The number of aromatic amines is 1. The Bertz CT molecular complexity index is 860. The fraction of sp³-hybridized carbons (Fsp3) is 0.250. The minimum absolute atomic E-state index is 0.470. The van der Waals surface area contributed by atoms with Crippen LogP contribution in [0.25, 0.3) is 16.5 Å². The van der Waals surface area contributed by atoms with Crippen LogP contribution in [0.3, 0.4) is 0 Å². The monoisotopic (exact) mass is 352 g/mol. The summed E-state index contributed by atoms with van der Waals surface area (Å²) in [4.78, 5) is 10.9. The van der Waals surface area contributed by atoms with E-state index < -0.39 is 0 Å². The number of thioether (sulfide) groups is 1. The van der Waals surface area contributed by atoms with Crippen LogP contribution in [0.2, 0.25) is 0 Å². The van der Waals surface area contributed by atoms with Gasteiger partial charge in [0.05, 0.1) is 6.54 Å². The Hall–Kier alpha value is -2.24. The van der Waals surface area contributed by atoms with Crippen molar-refractivity contribution in [3.05, 3.63) is 65.1 Å². The number of likely N-dealkylation sites (N-methyl/N-ethyl adjacent to an activating group) is 1. The van der Waals surface area contributed by atoms with E-state index in [-0.39, 0.29) is 0 Å². The van der Waals surface area contributed by atoms with Gasteiger partial charge in [0.2, 0.25) is 0 Å². The number of hydrogen-bond donors (Lipinski definition) is 2. The number of amidine groups is 1. The van der Waals surface area contributed by atoms with Crippen molar-refractivity contribution in [1.29, 1.82) is 0 Å². The maximum atomic E-state index is 5.97. The zero-order valence-corrected chi connectivity index (χ0v) is 15.4. The van der Waals surface area contributed by atoms with Crippen LogP contribution in [0.1, 0.15) is 17.5 Å². The molecule has 0 bridgehead atoms. The molecule has 5 heteroatoms. The lowest BCUT2D eigenvalue weighted by Crippen LogP contribution is -2.23. The van der Waals surface area contributed by atoms with E-state index in [2.05, 4.69) is 65.6 Å². The first-order valence-corrected chi connectivity index (χ1v) is 9.21. The predicted molar refractivity (Wildman–Crippen MR) is 111 cm³/mol. The molecule has 1 aromatic heterocycles. The normalized spacial score (nSPS) is 16.0. The zero-order chi connectivity index (χ0) is 17.8. The van der Waals surface area contributed by atoms with E-state index in [4.69, 9.17) is 5.73 Å². The molecule has 3 N–H and O–H groups in total. The van der Waals surface area contributed by atoms with E-state index in [1.54, 1.807) is 5.41 Å². The number of nitrogens with one attached hydrogen (secondary N) is 1. The van der Waals surface area contributed by atoms with Gasteiger partial charge in [0.25, 0.3) is 0 Å². The molecule has 0 atom stereocenters. The van der Waals surface area contributed by atoms with Crippen molar-refractivity contribution in [2.75, 3.05) is 20.1 Å². The van der Waals surface area contributed by atoms with E-state index >= 15 is 0 Å². The standard InChI is InChI=1S/C20H24N4S/c1-4-25-14(2)20(21)23-12-15-5-6-19-17(11-15)18(13-22-19)16-7-9-24(3)10-8-16/h4-7,11,13,22H,1-2,8-10,12H2,3H3,(H2,21,23). The predicted octanol–water partition coefficient (Wildman–Crippen LogP) is 4.13. The lowest BCUT2D eigenvalue weighted by molar-refractivity contribution is 0.370. The van der Waals surface area contributed by atoms with Gasteiger partial charge in [-0.1, -0.05) is 37.1 Å². The topological polar surface area (TPSA) is 57.4 Å². The highest BCUT2D eigenvalue weighted by Gasteiger charge is 2.13. The second-order valence-electron chi connectivity index (χ2n) is 6.23. The van der Waals surface area contributed by atoms with Crippen molar-refractivity contribution in [3.63, 3.8) is 0 Å². The van der Waals surface area contributed by atoms with Gasteiger partial charge in [-0.25, -0.2) is 0 Å². The first kappa shape index (κ1) is 17.6. The number of nitrogens with two attached hydrogens (primary N) is 1. The minimum Gasteiger partial charge on any atom is -0.383 e. The molecule has 130 valence electrons. The highest BCUT2D eigenvalue weighted by Crippen LogP contribution is 2.29. The molecular weight excluding hydrogens is 328 g/mol. The Morgan fingerprint density at radius 3 is 3.04 bits per heavy atom. The van der Waals surface area contributed by atoms with E-state index in [1.807, 2.05) is 0 Å². The van der Waals surface area contributed by atoms with Crippen molar-refractivity contribution in [3.8, 4) is 0 Å². The van der Waals surface area contributed by atoms with Crippen LogP contribution in [0, 0.1) is 0 Å². The van der Waals surface area contributed by atoms with Gasteiger partial charge in [0.15, 0.2) is 0 Å². The minimum atomic E-state index is 0.470. The third kappa shape index (κ3) is 4.06. The molecule has 25 heavy (non-hydrogen) atoms. The molecule has 0 unspecified atom stereocenters. The number of fused-ring (bicyclic) bond motifs is 1. The summed E-state index contributed by atoms with van der Waals surface area (Å²) in [7, 11) is 2.15. The van der Waals surface area contributed by atoms with Crippen molar-refractivity contribution in [2.45, 2.75) is 13.0 Å². The summed E-state index contributed by atoms with van der Waals surface area (Å²) in [6.45, 7) is 10.2. The number of rotatable bonds is 6. The summed E-state index contributed by atoms with van der Waals surface area (Å²) < 4.78 is 0. The van der Waals surface area contributed by atoms with Crippen molar-refractivity contribution in [1.82, 2.24) is 9.88 Å². The molecule has 0 saturated heterocycles. The average molecular weight is 353 g/mol. The molecule has 3 rings (SSSR count). The highest BCUT2D eigenvalue weighted by molar-refractivity contribution is 8.06. The number of benzene rings is 1. The van der Waals surface area contributed by atoms with Crippen LogP contribution in [-0.2, 0) is 6.54 Å². The van der Waals surface area contributed by atoms with Crippen LogP contribution in [0.5, 0.6) is 0 Å². The lowest BCUT2D eigenvalue weighted by Gasteiger charge is -2.21. The van der Waals surface area contributed by atoms with Crippen LogP contribution < -0.4 is 5.73 Å². The number of hydrogen-bond acceptors (Lipinski definition) is 3. The van der Waals surface area contributed by atoms with E-state index in [0.29, 0.717) is 12.4 Å². The first-order chi connectivity index (χ1) is 12.1. The quantitative estimate of drug-likeness (QED) is 0.607. The maximum Gasteiger partial charge on any atom is 0.132 e. The molecule has 1 aliphatic heterocycles. The van der Waals surface area contributed by atoms with Crippen LogP contribution in [0.15, 0.2) is 58.9 Å². The van der Waals surface area contributed by atoms with Gasteiger partial charge in [-0.05, 0) is 42.1 Å².